The highest BCUT2D eigenvalue weighted by atomic mass is 32.2. The zero-order valence-corrected chi connectivity index (χ0v) is 9.81. The van der Waals surface area contributed by atoms with Gasteiger partial charge in [0, 0.05) is 11.1 Å². The van der Waals surface area contributed by atoms with Gasteiger partial charge in [0.2, 0.25) is 0 Å². The molecule has 0 aliphatic carbocycles. The van der Waals surface area contributed by atoms with Crippen LogP contribution in [0.1, 0.15) is 11.1 Å². The molecule has 1 N–H and O–H groups in total. The van der Waals surface area contributed by atoms with Gasteiger partial charge in [-0.3, -0.25) is 0 Å². The minimum Gasteiger partial charge on any atom is -0.392 e. The van der Waals surface area contributed by atoms with E-state index >= 15 is 0 Å². The van der Waals surface area contributed by atoms with Gasteiger partial charge in [-0.05, 0) is 29.8 Å². The number of aliphatic hydroxyl groups is 1. The Bertz CT molecular complexity index is 546. The predicted octanol–water partition coefficient (Wildman–Crippen LogP) is 2.60. The molecule has 17 heavy (non-hydrogen) atoms. The summed E-state index contributed by atoms with van der Waals surface area (Å²) in [5.41, 5.74) is 1.44. The Hall–Kier alpha value is -1.83. The Kier molecular flexibility index (Phi) is 3.76. The van der Waals surface area contributed by atoms with Crippen LogP contribution in [0.4, 0.5) is 0 Å². The van der Waals surface area contributed by atoms with Crippen LogP contribution in [0.2, 0.25) is 0 Å². The maximum absolute atomic E-state index is 8.94. The number of aliphatic hydroxyl groups excluding tert-OH is 1. The third-order valence-corrected chi connectivity index (χ3v) is 3.24. The van der Waals surface area contributed by atoms with E-state index in [1.807, 2.05) is 24.3 Å². The largest absolute Gasteiger partial charge is 0.392 e. The lowest BCUT2D eigenvalue weighted by atomic mass is 10.2. The number of hydrogen-bond acceptors (Lipinski definition) is 4. The molecule has 0 aliphatic rings. The molecule has 84 valence electrons. The third kappa shape index (κ3) is 2.84. The molecule has 0 amide bonds. The van der Waals surface area contributed by atoms with Crippen LogP contribution in [0.3, 0.4) is 0 Å². The Morgan fingerprint density at radius 1 is 1.24 bits per heavy atom. The Morgan fingerprint density at radius 3 is 2.65 bits per heavy atom. The first-order valence-corrected chi connectivity index (χ1v) is 5.88. The molecule has 4 heteroatoms. The van der Waals surface area contributed by atoms with E-state index in [-0.39, 0.29) is 6.61 Å². The summed E-state index contributed by atoms with van der Waals surface area (Å²) in [6.45, 7) is 0.0397. The number of nitriles is 1. The van der Waals surface area contributed by atoms with Crippen molar-refractivity contribution in [3.63, 3.8) is 0 Å². The first-order valence-electron chi connectivity index (χ1n) is 5.06. The Balaban J connectivity index is 2.23. The Labute approximate surface area is 104 Å². The van der Waals surface area contributed by atoms with Gasteiger partial charge in [0.15, 0.2) is 0 Å². The zero-order chi connectivity index (χ0) is 12.1. The second kappa shape index (κ2) is 5.48. The van der Waals surface area contributed by atoms with E-state index in [4.69, 9.17) is 10.4 Å². The van der Waals surface area contributed by atoms with E-state index < -0.39 is 0 Å². The van der Waals surface area contributed by atoms with Crippen LogP contribution in [-0.2, 0) is 6.61 Å². The third-order valence-electron chi connectivity index (χ3n) is 2.21. The summed E-state index contributed by atoms with van der Waals surface area (Å²) in [5, 5.41) is 18.6. The maximum Gasteiger partial charge on any atom is 0.119 e. The molecule has 0 aliphatic heterocycles. The molecule has 1 aromatic carbocycles. The molecular formula is C13H10N2OS. The summed E-state index contributed by atoms with van der Waals surface area (Å²) < 4.78 is 0. The van der Waals surface area contributed by atoms with Gasteiger partial charge in [-0.1, -0.05) is 23.9 Å². The van der Waals surface area contributed by atoms with Crippen LogP contribution >= 0.6 is 11.8 Å². The first kappa shape index (κ1) is 11.6. The molecule has 0 saturated heterocycles. The molecule has 3 nitrogen and oxygen atoms in total. The highest BCUT2D eigenvalue weighted by Crippen LogP contribution is 2.28. The lowest BCUT2D eigenvalue weighted by Gasteiger charge is -2.03. The van der Waals surface area contributed by atoms with Gasteiger partial charge in [-0.2, -0.15) is 5.26 Å². The van der Waals surface area contributed by atoms with Crippen molar-refractivity contribution in [3.8, 4) is 6.07 Å². The highest BCUT2D eigenvalue weighted by Gasteiger charge is 2.04. The fourth-order valence-electron chi connectivity index (χ4n) is 1.33. The maximum atomic E-state index is 8.94. The quantitative estimate of drug-likeness (QED) is 0.898. The average molecular weight is 242 g/mol. The number of aromatic nitrogens is 1. The van der Waals surface area contributed by atoms with Gasteiger partial charge in [-0.15, -0.1) is 0 Å². The van der Waals surface area contributed by atoms with Crippen molar-refractivity contribution < 1.29 is 5.11 Å². The van der Waals surface area contributed by atoms with Crippen LogP contribution in [0.5, 0.6) is 0 Å². The number of pyridine rings is 1. The van der Waals surface area contributed by atoms with E-state index in [1.54, 1.807) is 18.3 Å². The summed E-state index contributed by atoms with van der Waals surface area (Å²) in [5.74, 6) is 0. The average Bonchev–Trinajstić information content (AvgIpc) is 2.40. The zero-order valence-electron chi connectivity index (χ0n) is 9.00. The molecule has 2 aromatic rings. The van der Waals surface area contributed by atoms with Crippen molar-refractivity contribution in [1.82, 2.24) is 4.98 Å². The molecular weight excluding hydrogens is 232 g/mol. The Morgan fingerprint density at radius 2 is 2.00 bits per heavy atom. The van der Waals surface area contributed by atoms with Crippen molar-refractivity contribution >= 4 is 11.8 Å². The van der Waals surface area contributed by atoms with Gasteiger partial charge in [-0.25, -0.2) is 4.98 Å². The minimum atomic E-state index is 0.0397. The predicted molar refractivity (Wildman–Crippen MR) is 65.4 cm³/mol. The van der Waals surface area contributed by atoms with Crippen LogP contribution in [-0.4, -0.2) is 10.1 Å². The number of hydrogen-bond donors (Lipinski definition) is 1. The molecule has 0 saturated carbocycles. The SMILES string of the molecule is N#Cc1cccnc1Sc1ccc(CO)cc1. The van der Waals surface area contributed by atoms with Gasteiger partial charge >= 0.3 is 0 Å². The van der Waals surface area contributed by atoms with Gasteiger partial charge < -0.3 is 5.11 Å². The van der Waals surface area contributed by atoms with E-state index in [0.717, 1.165) is 10.5 Å². The molecule has 1 heterocycles. The molecule has 0 fully saturated rings. The fourth-order valence-corrected chi connectivity index (χ4v) is 2.16. The molecule has 2 rings (SSSR count). The standard InChI is InChI=1S/C13H10N2OS/c14-8-11-2-1-7-15-13(11)17-12-5-3-10(9-16)4-6-12/h1-7,16H,9H2. The van der Waals surface area contributed by atoms with Crippen LogP contribution in [0.25, 0.3) is 0 Å². The van der Waals surface area contributed by atoms with Crippen LogP contribution in [0.15, 0.2) is 52.5 Å². The highest BCUT2D eigenvalue weighted by molar-refractivity contribution is 7.99. The van der Waals surface area contributed by atoms with Crippen LogP contribution in [0, 0.1) is 11.3 Å². The number of rotatable bonds is 3. The summed E-state index contributed by atoms with van der Waals surface area (Å²) in [7, 11) is 0. The van der Waals surface area contributed by atoms with Crippen molar-refractivity contribution in [2.75, 3.05) is 0 Å². The molecule has 1 aromatic heterocycles. The molecule has 0 unspecified atom stereocenters. The smallest absolute Gasteiger partial charge is 0.119 e. The first-order chi connectivity index (χ1) is 8.33. The van der Waals surface area contributed by atoms with E-state index in [1.165, 1.54) is 11.8 Å². The van der Waals surface area contributed by atoms with E-state index in [0.29, 0.717) is 10.6 Å². The fraction of sp³-hybridized carbons (Fsp3) is 0.0769. The van der Waals surface area contributed by atoms with Gasteiger partial charge in [0.25, 0.3) is 0 Å². The molecule has 0 atom stereocenters. The molecule has 0 spiro atoms. The van der Waals surface area contributed by atoms with Crippen LogP contribution < -0.4 is 0 Å². The van der Waals surface area contributed by atoms with Crippen molar-refractivity contribution in [1.29, 1.82) is 5.26 Å². The topological polar surface area (TPSA) is 56.9 Å². The van der Waals surface area contributed by atoms with Crippen molar-refractivity contribution in [2.45, 2.75) is 16.5 Å². The minimum absolute atomic E-state index is 0.0397. The summed E-state index contributed by atoms with van der Waals surface area (Å²) in [4.78, 5) is 5.18. The van der Waals surface area contributed by atoms with E-state index in [2.05, 4.69) is 11.1 Å². The molecule has 0 bridgehead atoms. The summed E-state index contributed by atoms with van der Waals surface area (Å²) >= 11 is 1.44. The normalized spacial score (nSPS) is 9.88. The monoisotopic (exact) mass is 242 g/mol. The summed E-state index contributed by atoms with van der Waals surface area (Å²) in [6.07, 6.45) is 1.67. The number of benzene rings is 1. The number of nitrogens with zero attached hydrogens (tertiary/aromatic N) is 2. The van der Waals surface area contributed by atoms with Crippen molar-refractivity contribution in [3.05, 3.63) is 53.7 Å². The van der Waals surface area contributed by atoms with Gasteiger partial charge in [0.1, 0.15) is 11.1 Å². The lowest BCUT2D eigenvalue weighted by molar-refractivity contribution is 0.282. The molecule has 0 radical (unpaired) electrons. The second-order valence-corrected chi connectivity index (χ2v) is 4.43. The lowest BCUT2D eigenvalue weighted by Crippen LogP contribution is -1.86. The van der Waals surface area contributed by atoms with Crippen molar-refractivity contribution in [2.24, 2.45) is 0 Å². The second-order valence-electron chi connectivity index (χ2n) is 3.37. The van der Waals surface area contributed by atoms with Gasteiger partial charge in [0.05, 0.1) is 12.2 Å². The summed E-state index contributed by atoms with van der Waals surface area (Å²) in [6, 6.07) is 13.1. The van der Waals surface area contributed by atoms with E-state index in [9.17, 15) is 0 Å².